The minimum absolute atomic E-state index is 0.0160. The standard InChI is InChI=1S/C20H23N3O4S2/c24-28(25,19-11-10-15-5-1-2-6-16(15)13-19)22-17-7-3-8-18(14-17)29(26,27)23-20-9-4-12-21-20/h3,7-8,10-11,13-14,22H,1-2,4-6,9,12H2,(H,21,23). The molecule has 4 rings (SSSR count). The van der Waals surface area contributed by atoms with Crippen molar-refractivity contribution in [2.45, 2.75) is 48.3 Å². The highest BCUT2D eigenvalue weighted by molar-refractivity contribution is 7.92. The molecule has 2 aromatic carbocycles. The first-order valence-corrected chi connectivity index (χ1v) is 12.6. The molecule has 0 radical (unpaired) electrons. The molecule has 1 heterocycles. The number of fused-ring (bicyclic) bond motifs is 1. The van der Waals surface area contributed by atoms with Crippen molar-refractivity contribution >= 4 is 31.6 Å². The maximum atomic E-state index is 12.8. The first-order valence-electron chi connectivity index (χ1n) is 9.64. The summed E-state index contributed by atoms with van der Waals surface area (Å²) < 4.78 is 55.8. The quantitative estimate of drug-likeness (QED) is 0.756. The lowest BCUT2D eigenvalue weighted by atomic mass is 9.92. The number of rotatable bonds is 5. The van der Waals surface area contributed by atoms with Crippen LogP contribution in [0.5, 0.6) is 0 Å². The van der Waals surface area contributed by atoms with Gasteiger partial charge in [0.25, 0.3) is 20.0 Å². The van der Waals surface area contributed by atoms with Crippen LogP contribution < -0.4 is 9.44 Å². The minimum atomic E-state index is -3.82. The minimum Gasteiger partial charge on any atom is -0.280 e. The molecule has 2 N–H and O–H groups in total. The van der Waals surface area contributed by atoms with Gasteiger partial charge in [-0.05, 0) is 73.6 Å². The van der Waals surface area contributed by atoms with Crippen LogP contribution in [-0.4, -0.2) is 29.2 Å². The first-order chi connectivity index (χ1) is 13.8. The van der Waals surface area contributed by atoms with Gasteiger partial charge in [0.05, 0.1) is 15.5 Å². The summed E-state index contributed by atoms with van der Waals surface area (Å²) in [5.41, 5.74) is 2.46. The fourth-order valence-corrected chi connectivity index (χ4v) is 5.89. The lowest BCUT2D eigenvalue weighted by Crippen LogP contribution is -2.29. The molecule has 0 amide bonds. The third kappa shape index (κ3) is 4.45. The summed E-state index contributed by atoms with van der Waals surface area (Å²) in [6.07, 6.45) is 5.44. The van der Waals surface area contributed by atoms with Gasteiger partial charge in [0.15, 0.2) is 0 Å². The SMILES string of the molecule is O=S(=O)(NC1=NCCC1)c1cccc(NS(=O)(=O)c2ccc3c(c2)CCCC3)c1. The van der Waals surface area contributed by atoms with Crippen molar-refractivity contribution in [1.29, 1.82) is 0 Å². The third-order valence-electron chi connectivity index (χ3n) is 5.15. The Morgan fingerprint density at radius 3 is 2.21 bits per heavy atom. The molecule has 1 aliphatic carbocycles. The van der Waals surface area contributed by atoms with Gasteiger partial charge in [0.1, 0.15) is 5.84 Å². The fraction of sp³-hybridized carbons (Fsp3) is 0.350. The van der Waals surface area contributed by atoms with Gasteiger partial charge in [-0.25, -0.2) is 16.8 Å². The molecule has 0 spiro atoms. The average Bonchev–Trinajstić information content (AvgIpc) is 3.20. The van der Waals surface area contributed by atoms with Crippen molar-refractivity contribution in [1.82, 2.24) is 4.72 Å². The lowest BCUT2D eigenvalue weighted by molar-refractivity contribution is 0.591. The molecule has 7 nitrogen and oxygen atoms in total. The molecule has 2 aromatic rings. The van der Waals surface area contributed by atoms with Gasteiger partial charge >= 0.3 is 0 Å². The molecule has 29 heavy (non-hydrogen) atoms. The molecular formula is C20H23N3O4S2. The smallest absolute Gasteiger partial charge is 0.262 e. The summed E-state index contributed by atoms with van der Waals surface area (Å²) in [6, 6.07) is 11.0. The Morgan fingerprint density at radius 1 is 0.724 bits per heavy atom. The zero-order valence-corrected chi connectivity index (χ0v) is 17.5. The largest absolute Gasteiger partial charge is 0.280 e. The fourth-order valence-electron chi connectivity index (χ4n) is 3.65. The van der Waals surface area contributed by atoms with E-state index >= 15 is 0 Å². The van der Waals surface area contributed by atoms with E-state index in [1.807, 2.05) is 6.07 Å². The second-order valence-electron chi connectivity index (χ2n) is 7.31. The monoisotopic (exact) mass is 433 g/mol. The zero-order valence-electron chi connectivity index (χ0n) is 15.9. The maximum Gasteiger partial charge on any atom is 0.262 e. The van der Waals surface area contributed by atoms with Crippen LogP contribution in [0.3, 0.4) is 0 Å². The Morgan fingerprint density at radius 2 is 1.45 bits per heavy atom. The molecule has 0 saturated heterocycles. The number of nitrogens with one attached hydrogen (secondary N) is 2. The number of benzene rings is 2. The summed E-state index contributed by atoms with van der Waals surface area (Å²) in [4.78, 5) is 4.29. The summed E-state index contributed by atoms with van der Waals surface area (Å²) in [7, 11) is -7.63. The van der Waals surface area contributed by atoms with Crippen molar-refractivity contribution in [2.24, 2.45) is 4.99 Å². The van der Waals surface area contributed by atoms with Crippen molar-refractivity contribution < 1.29 is 16.8 Å². The summed E-state index contributed by atoms with van der Waals surface area (Å²) >= 11 is 0. The number of hydrogen-bond donors (Lipinski definition) is 2. The predicted molar refractivity (Wildman–Crippen MR) is 112 cm³/mol. The number of aryl methyl sites for hydroxylation is 2. The van der Waals surface area contributed by atoms with Crippen LogP contribution in [0.25, 0.3) is 0 Å². The second kappa shape index (κ2) is 7.79. The Hall–Kier alpha value is -2.39. The number of nitrogens with zero attached hydrogens (tertiary/aromatic N) is 1. The number of sulfonamides is 2. The molecule has 0 saturated carbocycles. The average molecular weight is 434 g/mol. The third-order valence-corrected chi connectivity index (χ3v) is 7.91. The van der Waals surface area contributed by atoms with Crippen LogP contribution in [0.15, 0.2) is 57.2 Å². The van der Waals surface area contributed by atoms with Crippen LogP contribution >= 0.6 is 0 Å². The van der Waals surface area contributed by atoms with E-state index in [0.717, 1.165) is 37.7 Å². The van der Waals surface area contributed by atoms with Crippen molar-refractivity contribution in [3.8, 4) is 0 Å². The second-order valence-corrected chi connectivity index (χ2v) is 10.7. The maximum absolute atomic E-state index is 12.8. The van der Waals surface area contributed by atoms with Crippen molar-refractivity contribution in [2.75, 3.05) is 11.3 Å². The Balaban J connectivity index is 1.57. The molecule has 0 aromatic heterocycles. The molecule has 0 fully saturated rings. The normalized spacial score (nSPS) is 16.8. The number of amidine groups is 1. The highest BCUT2D eigenvalue weighted by Crippen LogP contribution is 2.26. The molecule has 0 atom stereocenters. The first kappa shape index (κ1) is 19.9. The van der Waals surface area contributed by atoms with Crippen LogP contribution in [0.2, 0.25) is 0 Å². The summed E-state index contributed by atoms with van der Waals surface area (Å²) in [6.45, 7) is 0.610. The molecule has 1 aliphatic heterocycles. The van der Waals surface area contributed by atoms with Gasteiger partial charge in [0.2, 0.25) is 0 Å². The van der Waals surface area contributed by atoms with Crippen molar-refractivity contribution in [3.63, 3.8) is 0 Å². The van der Waals surface area contributed by atoms with E-state index in [4.69, 9.17) is 0 Å². The zero-order chi connectivity index (χ0) is 20.5. The highest BCUT2D eigenvalue weighted by atomic mass is 32.2. The highest BCUT2D eigenvalue weighted by Gasteiger charge is 2.21. The summed E-state index contributed by atoms with van der Waals surface area (Å²) in [5, 5.41) is 0. The molecule has 0 bridgehead atoms. The summed E-state index contributed by atoms with van der Waals surface area (Å²) in [5.74, 6) is 0.435. The Kier molecular flexibility index (Phi) is 5.35. The predicted octanol–water partition coefficient (Wildman–Crippen LogP) is 2.84. The topological polar surface area (TPSA) is 105 Å². The van der Waals surface area contributed by atoms with Gasteiger partial charge in [-0.15, -0.1) is 0 Å². The lowest BCUT2D eigenvalue weighted by Gasteiger charge is -2.17. The van der Waals surface area contributed by atoms with Crippen LogP contribution in [-0.2, 0) is 32.9 Å². The van der Waals surface area contributed by atoms with E-state index in [9.17, 15) is 16.8 Å². The van der Waals surface area contributed by atoms with E-state index < -0.39 is 20.0 Å². The Bertz CT molecular complexity index is 1170. The van der Waals surface area contributed by atoms with Gasteiger partial charge in [-0.2, -0.15) is 0 Å². The number of anilines is 1. The van der Waals surface area contributed by atoms with Gasteiger partial charge in [-0.3, -0.25) is 14.4 Å². The van der Waals surface area contributed by atoms with Gasteiger partial charge in [-0.1, -0.05) is 12.1 Å². The molecular weight excluding hydrogens is 410 g/mol. The van der Waals surface area contributed by atoms with Crippen LogP contribution in [0.4, 0.5) is 5.69 Å². The molecule has 0 unspecified atom stereocenters. The molecule has 154 valence electrons. The van der Waals surface area contributed by atoms with E-state index in [1.165, 1.54) is 29.8 Å². The number of hydrogen-bond acceptors (Lipinski definition) is 5. The Labute approximate surface area is 171 Å². The molecule has 2 aliphatic rings. The van der Waals surface area contributed by atoms with Gasteiger partial charge < -0.3 is 0 Å². The van der Waals surface area contributed by atoms with E-state index in [-0.39, 0.29) is 15.5 Å². The van der Waals surface area contributed by atoms with E-state index in [1.54, 1.807) is 12.1 Å². The van der Waals surface area contributed by atoms with E-state index in [2.05, 4.69) is 14.4 Å². The van der Waals surface area contributed by atoms with Gasteiger partial charge in [0, 0.05) is 13.0 Å². The van der Waals surface area contributed by atoms with Crippen LogP contribution in [0, 0.1) is 0 Å². The van der Waals surface area contributed by atoms with Crippen LogP contribution in [0.1, 0.15) is 36.8 Å². The van der Waals surface area contributed by atoms with E-state index in [0.29, 0.717) is 18.8 Å². The molecule has 9 heteroatoms. The van der Waals surface area contributed by atoms with Crippen molar-refractivity contribution in [3.05, 3.63) is 53.6 Å². The number of aliphatic imine (C=N–C) groups is 1.